The Balaban J connectivity index is 2.01. The van der Waals surface area contributed by atoms with E-state index in [1.165, 1.54) is 6.20 Å². The normalized spacial score (nSPS) is 12.1. The first kappa shape index (κ1) is 16.5. The number of nitrogens with zero attached hydrogens (tertiary/aromatic N) is 3. The molecule has 2 rings (SSSR count). The quantitative estimate of drug-likeness (QED) is 0.564. The SMILES string of the molecule is C=C/C=C\C(=C/C)OCc1ccc(-c2nnc(C(F)F)o2)cn1. The third-order valence-electron chi connectivity index (χ3n) is 2.77. The van der Waals surface area contributed by atoms with Crippen molar-refractivity contribution in [2.24, 2.45) is 0 Å². The first-order valence-corrected chi connectivity index (χ1v) is 6.79. The van der Waals surface area contributed by atoms with Crippen molar-refractivity contribution < 1.29 is 17.9 Å². The lowest BCUT2D eigenvalue weighted by Crippen LogP contribution is -1.95. The molecule has 2 aromatic heterocycles. The molecule has 0 bridgehead atoms. The van der Waals surface area contributed by atoms with E-state index in [1.54, 1.807) is 30.4 Å². The average Bonchev–Trinajstić information content (AvgIpc) is 3.06. The molecule has 0 atom stereocenters. The van der Waals surface area contributed by atoms with Crippen molar-refractivity contribution in [1.29, 1.82) is 0 Å². The van der Waals surface area contributed by atoms with Crippen LogP contribution in [0.2, 0.25) is 0 Å². The van der Waals surface area contributed by atoms with Gasteiger partial charge >= 0.3 is 6.43 Å². The molecule has 2 aromatic rings. The number of ether oxygens (including phenoxy) is 1. The van der Waals surface area contributed by atoms with Crippen LogP contribution in [0.3, 0.4) is 0 Å². The van der Waals surface area contributed by atoms with Crippen molar-refractivity contribution in [3.8, 4) is 11.5 Å². The van der Waals surface area contributed by atoms with E-state index in [1.807, 2.05) is 13.0 Å². The fourth-order valence-electron chi connectivity index (χ4n) is 1.62. The highest BCUT2D eigenvalue weighted by Gasteiger charge is 2.17. The highest BCUT2D eigenvalue weighted by molar-refractivity contribution is 5.50. The Hall–Kier alpha value is -2.83. The highest BCUT2D eigenvalue weighted by Crippen LogP contribution is 2.22. The van der Waals surface area contributed by atoms with Crippen LogP contribution in [0.15, 0.2) is 59.4 Å². The molecule has 23 heavy (non-hydrogen) atoms. The fraction of sp³-hybridized carbons (Fsp3) is 0.188. The molecule has 0 spiro atoms. The van der Waals surface area contributed by atoms with Crippen LogP contribution in [0.1, 0.15) is 24.9 Å². The summed E-state index contributed by atoms with van der Waals surface area (Å²) >= 11 is 0. The zero-order valence-corrected chi connectivity index (χ0v) is 12.4. The van der Waals surface area contributed by atoms with Gasteiger partial charge < -0.3 is 9.15 Å². The van der Waals surface area contributed by atoms with Crippen molar-refractivity contribution in [2.75, 3.05) is 0 Å². The van der Waals surface area contributed by atoms with Crippen LogP contribution in [0, 0.1) is 0 Å². The molecule has 0 amide bonds. The number of halogens is 2. The van der Waals surface area contributed by atoms with Gasteiger partial charge in [-0.3, -0.25) is 4.98 Å². The maximum absolute atomic E-state index is 12.4. The van der Waals surface area contributed by atoms with Crippen molar-refractivity contribution in [2.45, 2.75) is 20.0 Å². The van der Waals surface area contributed by atoms with Gasteiger partial charge in [0.25, 0.3) is 5.89 Å². The lowest BCUT2D eigenvalue weighted by Gasteiger charge is -2.06. The van der Waals surface area contributed by atoms with Crippen LogP contribution in [-0.2, 0) is 11.3 Å². The molecule has 120 valence electrons. The first-order valence-electron chi connectivity index (χ1n) is 6.79. The minimum Gasteiger partial charge on any atom is -0.488 e. The number of aromatic nitrogens is 3. The molecular formula is C16H15F2N3O2. The minimum atomic E-state index is -2.79. The summed E-state index contributed by atoms with van der Waals surface area (Å²) in [4.78, 5) is 4.18. The number of alkyl halides is 2. The number of hydrogen-bond donors (Lipinski definition) is 0. The second kappa shape index (κ2) is 7.98. The van der Waals surface area contributed by atoms with E-state index in [4.69, 9.17) is 9.15 Å². The third kappa shape index (κ3) is 4.57. The van der Waals surface area contributed by atoms with Gasteiger partial charge in [0, 0.05) is 6.20 Å². The Morgan fingerprint density at radius 2 is 2.22 bits per heavy atom. The molecule has 5 nitrogen and oxygen atoms in total. The van der Waals surface area contributed by atoms with E-state index in [-0.39, 0.29) is 12.5 Å². The van der Waals surface area contributed by atoms with Crippen LogP contribution in [-0.4, -0.2) is 15.2 Å². The molecule has 0 aromatic carbocycles. The number of pyridine rings is 1. The predicted octanol–water partition coefficient (Wildman–Crippen LogP) is 4.23. The lowest BCUT2D eigenvalue weighted by atomic mass is 10.2. The van der Waals surface area contributed by atoms with Gasteiger partial charge in [0.2, 0.25) is 5.89 Å². The van der Waals surface area contributed by atoms with Crippen molar-refractivity contribution >= 4 is 0 Å². The molecule has 0 unspecified atom stereocenters. The summed E-state index contributed by atoms with van der Waals surface area (Å²) in [7, 11) is 0. The summed E-state index contributed by atoms with van der Waals surface area (Å²) in [5, 5.41) is 6.83. The van der Waals surface area contributed by atoms with Gasteiger partial charge in [0.1, 0.15) is 12.4 Å². The van der Waals surface area contributed by atoms with Crippen LogP contribution < -0.4 is 0 Å². The maximum atomic E-state index is 12.4. The largest absolute Gasteiger partial charge is 0.488 e. The van der Waals surface area contributed by atoms with Gasteiger partial charge in [0.05, 0.1) is 11.3 Å². The van der Waals surface area contributed by atoms with Crippen LogP contribution in [0.4, 0.5) is 8.78 Å². The maximum Gasteiger partial charge on any atom is 0.314 e. The second-order valence-electron chi connectivity index (χ2n) is 4.36. The van der Waals surface area contributed by atoms with E-state index in [9.17, 15) is 8.78 Å². The van der Waals surface area contributed by atoms with Crippen LogP contribution >= 0.6 is 0 Å². The molecule has 0 radical (unpaired) electrons. The zero-order chi connectivity index (χ0) is 16.7. The van der Waals surface area contributed by atoms with Gasteiger partial charge in [-0.15, -0.1) is 10.2 Å². The Morgan fingerprint density at radius 1 is 1.39 bits per heavy atom. The van der Waals surface area contributed by atoms with Gasteiger partial charge in [-0.2, -0.15) is 8.78 Å². The van der Waals surface area contributed by atoms with Gasteiger partial charge in [-0.1, -0.05) is 18.7 Å². The van der Waals surface area contributed by atoms with Gasteiger partial charge in [-0.25, -0.2) is 0 Å². The average molecular weight is 319 g/mol. The minimum absolute atomic E-state index is 0.00308. The summed E-state index contributed by atoms with van der Waals surface area (Å²) < 4.78 is 35.3. The van der Waals surface area contributed by atoms with Crippen LogP contribution in [0.25, 0.3) is 11.5 Å². The highest BCUT2D eigenvalue weighted by atomic mass is 19.3. The van der Waals surface area contributed by atoms with Crippen molar-refractivity contribution in [3.63, 3.8) is 0 Å². The predicted molar refractivity (Wildman–Crippen MR) is 80.4 cm³/mol. The number of rotatable bonds is 7. The number of hydrogen-bond acceptors (Lipinski definition) is 5. The molecule has 0 aliphatic carbocycles. The second-order valence-corrected chi connectivity index (χ2v) is 4.36. The topological polar surface area (TPSA) is 61.0 Å². The van der Waals surface area contributed by atoms with Crippen molar-refractivity contribution in [3.05, 3.63) is 66.6 Å². The molecular weight excluding hydrogens is 304 g/mol. The Bertz CT molecular complexity index is 706. The molecule has 0 saturated heterocycles. The molecule has 0 aliphatic rings. The summed E-state index contributed by atoms with van der Waals surface area (Å²) in [6.45, 7) is 5.72. The summed E-state index contributed by atoms with van der Waals surface area (Å²) in [5.74, 6) is -0.0169. The monoisotopic (exact) mass is 319 g/mol. The van der Waals surface area contributed by atoms with E-state index in [0.717, 1.165) is 0 Å². The Morgan fingerprint density at radius 3 is 2.78 bits per heavy atom. The third-order valence-corrected chi connectivity index (χ3v) is 2.77. The van der Waals surface area contributed by atoms with E-state index in [0.29, 0.717) is 17.0 Å². The number of allylic oxidation sites excluding steroid dienone is 4. The van der Waals surface area contributed by atoms with E-state index >= 15 is 0 Å². The standard InChI is InChI=1S/C16H15F2N3O2/c1-3-5-6-13(4-2)22-10-12-8-7-11(9-19-12)15-20-21-16(23-15)14(17)18/h3-9,14H,1,10H2,2H3/b6-5-,13-4+. The van der Waals surface area contributed by atoms with E-state index < -0.39 is 12.3 Å². The van der Waals surface area contributed by atoms with Gasteiger partial charge in [0.15, 0.2) is 0 Å². The molecule has 7 heteroatoms. The molecule has 0 fully saturated rings. The molecule has 0 N–H and O–H groups in total. The first-order chi connectivity index (χ1) is 11.1. The molecule has 2 heterocycles. The molecule has 0 saturated carbocycles. The summed E-state index contributed by atoms with van der Waals surface area (Å²) in [6, 6.07) is 3.36. The summed E-state index contributed by atoms with van der Waals surface area (Å²) in [5.41, 5.74) is 1.14. The lowest BCUT2D eigenvalue weighted by molar-refractivity contribution is 0.116. The van der Waals surface area contributed by atoms with Crippen LogP contribution in [0.5, 0.6) is 0 Å². The Labute approximate surface area is 132 Å². The zero-order valence-electron chi connectivity index (χ0n) is 12.4. The van der Waals surface area contributed by atoms with Gasteiger partial charge in [-0.05, 0) is 31.2 Å². The smallest absolute Gasteiger partial charge is 0.314 e. The summed E-state index contributed by atoms with van der Waals surface area (Å²) in [6.07, 6.45) is 5.69. The van der Waals surface area contributed by atoms with Crippen molar-refractivity contribution in [1.82, 2.24) is 15.2 Å². The molecule has 0 aliphatic heterocycles. The Kier molecular flexibility index (Phi) is 5.74. The fourth-order valence-corrected chi connectivity index (χ4v) is 1.62. The van der Waals surface area contributed by atoms with E-state index in [2.05, 4.69) is 21.8 Å².